The van der Waals surface area contributed by atoms with Crippen LogP contribution in [0.4, 0.5) is 0 Å². The van der Waals surface area contributed by atoms with Crippen LogP contribution in [0.3, 0.4) is 0 Å². The number of ether oxygens (including phenoxy) is 2. The molecule has 0 aromatic rings. The zero-order chi connectivity index (χ0) is 40.6. The normalized spacial score (nSPS) is 14.2. The number of carbonyl (C=O) groups excluding carboxylic acids is 2. The third-order valence-electron chi connectivity index (χ3n) is 12.7. The first-order valence-corrected chi connectivity index (χ1v) is 25.2. The van der Waals surface area contributed by atoms with E-state index < -0.39 is 0 Å². The van der Waals surface area contributed by atoms with Gasteiger partial charge in [0, 0.05) is 19.6 Å². The number of unbranched alkanes of at least 4 members (excludes halogenated alkanes) is 23. The number of hydrogen-bond acceptors (Lipinski definition) is 6. The van der Waals surface area contributed by atoms with Crippen molar-refractivity contribution in [3.8, 4) is 0 Å². The van der Waals surface area contributed by atoms with Crippen molar-refractivity contribution >= 4 is 11.9 Å². The highest BCUT2D eigenvalue weighted by molar-refractivity contribution is 5.77. The van der Waals surface area contributed by atoms with Gasteiger partial charge in [0.05, 0.1) is 12.0 Å². The summed E-state index contributed by atoms with van der Waals surface area (Å²) in [7, 11) is 0. The molecule has 0 heterocycles. The molecule has 0 amide bonds. The molecule has 0 spiro atoms. The first kappa shape index (κ1) is 52.9. The van der Waals surface area contributed by atoms with Gasteiger partial charge in [0.2, 0.25) is 0 Å². The maximum absolute atomic E-state index is 14.0. The highest BCUT2D eigenvalue weighted by Gasteiger charge is 2.41. The quantitative estimate of drug-likeness (QED) is 0.0490. The van der Waals surface area contributed by atoms with Gasteiger partial charge >= 0.3 is 11.9 Å². The van der Waals surface area contributed by atoms with Crippen LogP contribution in [0.15, 0.2) is 0 Å². The number of aliphatic hydroxyl groups excluding tert-OH is 1. The van der Waals surface area contributed by atoms with Gasteiger partial charge in [-0.25, -0.2) is 0 Å². The SMILES string of the molecule is CCCCCCCCCOC(=O)CCCCCCCN(CCCO)CCCCCCC1(C(=O)OC(CCCCCCCC)CCCCCCCC)CCCCC1. The number of rotatable bonds is 42. The average Bonchev–Trinajstić information content (AvgIpc) is 3.21. The van der Waals surface area contributed by atoms with Gasteiger partial charge in [-0.1, -0.05) is 181 Å². The third-order valence-corrected chi connectivity index (χ3v) is 12.7. The first-order chi connectivity index (χ1) is 27.5. The molecule has 1 aliphatic rings. The summed E-state index contributed by atoms with van der Waals surface area (Å²) in [6.07, 6.45) is 44.6. The molecule has 1 rings (SSSR count). The van der Waals surface area contributed by atoms with Crippen LogP contribution in [0.2, 0.25) is 0 Å². The van der Waals surface area contributed by atoms with Crippen molar-refractivity contribution in [2.24, 2.45) is 5.41 Å². The minimum Gasteiger partial charge on any atom is -0.466 e. The van der Waals surface area contributed by atoms with Crippen LogP contribution in [0, 0.1) is 5.41 Å². The molecule has 0 aliphatic heterocycles. The van der Waals surface area contributed by atoms with E-state index in [1.165, 1.54) is 173 Å². The lowest BCUT2D eigenvalue weighted by Crippen LogP contribution is -2.37. The molecule has 0 atom stereocenters. The fourth-order valence-corrected chi connectivity index (χ4v) is 8.86. The molecule has 6 nitrogen and oxygen atoms in total. The number of carbonyl (C=O) groups is 2. The summed E-state index contributed by atoms with van der Waals surface area (Å²) in [6.45, 7) is 10.8. The Kier molecular flexibility index (Phi) is 37.1. The zero-order valence-electron chi connectivity index (χ0n) is 38.0. The Balaban J connectivity index is 2.37. The van der Waals surface area contributed by atoms with Gasteiger partial charge < -0.3 is 19.5 Å². The molecule has 1 fully saturated rings. The van der Waals surface area contributed by atoms with Gasteiger partial charge in [0.25, 0.3) is 0 Å². The molecule has 1 N–H and O–H groups in total. The maximum Gasteiger partial charge on any atom is 0.312 e. The smallest absolute Gasteiger partial charge is 0.312 e. The fourth-order valence-electron chi connectivity index (χ4n) is 8.86. The van der Waals surface area contributed by atoms with Crippen molar-refractivity contribution in [3.63, 3.8) is 0 Å². The average molecular weight is 792 g/mol. The first-order valence-electron chi connectivity index (χ1n) is 25.2. The maximum atomic E-state index is 14.0. The van der Waals surface area contributed by atoms with Crippen molar-refractivity contribution in [3.05, 3.63) is 0 Å². The number of esters is 2. The third kappa shape index (κ3) is 30.0. The Morgan fingerprint density at radius 3 is 1.52 bits per heavy atom. The Labute approximate surface area is 349 Å². The summed E-state index contributed by atoms with van der Waals surface area (Å²) < 4.78 is 12.0. The second-order valence-electron chi connectivity index (χ2n) is 17.9. The Hall–Kier alpha value is -1.14. The van der Waals surface area contributed by atoms with Crippen LogP contribution < -0.4 is 0 Å². The van der Waals surface area contributed by atoms with Gasteiger partial charge in [-0.15, -0.1) is 0 Å². The second kappa shape index (κ2) is 39.3. The largest absolute Gasteiger partial charge is 0.466 e. The fraction of sp³-hybridized carbons (Fsp3) is 0.960. The van der Waals surface area contributed by atoms with Crippen LogP contribution in [0.1, 0.15) is 265 Å². The van der Waals surface area contributed by atoms with Gasteiger partial charge in [-0.3, -0.25) is 9.59 Å². The molecule has 56 heavy (non-hydrogen) atoms. The Morgan fingerprint density at radius 2 is 0.982 bits per heavy atom. The monoisotopic (exact) mass is 792 g/mol. The van der Waals surface area contributed by atoms with Gasteiger partial charge in [0.15, 0.2) is 0 Å². The zero-order valence-corrected chi connectivity index (χ0v) is 38.0. The number of nitrogens with zero attached hydrogens (tertiary/aromatic N) is 1. The molecule has 332 valence electrons. The molecule has 0 aromatic carbocycles. The predicted molar refractivity (Wildman–Crippen MR) is 239 cm³/mol. The Bertz CT molecular complexity index is 842. The highest BCUT2D eigenvalue weighted by Crippen LogP contribution is 2.42. The molecule has 0 bridgehead atoms. The van der Waals surface area contributed by atoms with Crippen LogP contribution in [0.25, 0.3) is 0 Å². The summed E-state index contributed by atoms with van der Waals surface area (Å²) in [5.74, 6) is 0.124. The van der Waals surface area contributed by atoms with Crippen molar-refractivity contribution in [2.45, 2.75) is 271 Å². The van der Waals surface area contributed by atoms with Crippen molar-refractivity contribution in [1.29, 1.82) is 0 Å². The molecule has 0 saturated heterocycles. The van der Waals surface area contributed by atoms with Gasteiger partial charge in [-0.05, 0) is 90.1 Å². The number of aliphatic hydroxyl groups is 1. The van der Waals surface area contributed by atoms with E-state index in [-0.39, 0.29) is 30.1 Å². The number of hydrogen-bond donors (Lipinski definition) is 1. The highest BCUT2D eigenvalue weighted by atomic mass is 16.5. The molecule has 0 unspecified atom stereocenters. The van der Waals surface area contributed by atoms with E-state index in [0.717, 1.165) is 83.8 Å². The van der Waals surface area contributed by atoms with E-state index in [1.807, 2.05) is 0 Å². The van der Waals surface area contributed by atoms with Crippen molar-refractivity contribution in [1.82, 2.24) is 4.90 Å². The summed E-state index contributed by atoms with van der Waals surface area (Å²) in [4.78, 5) is 28.7. The molecule has 6 heteroatoms. The van der Waals surface area contributed by atoms with Crippen molar-refractivity contribution < 1.29 is 24.2 Å². The lowest BCUT2D eigenvalue weighted by Gasteiger charge is -2.36. The van der Waals surface area contributed by atoms with Crippen LogP contribution in [-0.4, -0.2) is 60.9 Å². The topological polar surface area (TPSA) is 76.1 Å². The summed E-state index contributed by atoms with van der Waals surface area (Å²) in [6, 6.07) is 0. The molecule has 1 aliphatic carbocycles. The minimum absolute atomic E-state index is 0.0220. The predicted octanol–water partition coefficient (Wildman–Crippen LogP) is 14.6. The van der Waals surface area contributed by atoms with Gasteiger partial charge in [0.1, 0.15) is 6.10 Å². The summed E-state index contributed by atoms with van der Waals surface area (Å²) in [5.41, 5.74) is -0.251. The van der Waals surface area contributed by atoms with Crippen LogP contribution >= 0.6 is 0 Å². The van der Waals surface area contributed by atoms with E-state index in [4.69, 9.17) is 9.47 Å². The van der Waals surface area contributed by atoms with E-state index in [2.05, 4.69) is 25.7 Å². The van der Waals surface area contributed by atoms with E-state index in [1.54, 1.807) is 0 Å². The van der Waals surface area contributed by atoms with Crippen LogP contribution in [-0.2, 0) is 19.1 Å². The molecular weight excluding hydrogens is 695 g/mol. The lowest BCUT2D eigenvalue weighted by molar-refractivity contribution is -0.165. The van der Waals surface area contributed by atoms with E-state index >= 15 is 0 Å². The van der Waals surface area contributed by atoms with Crippen molar-refractivity contribution in [2.75, 3.05) is 32.8 Å². The standard InChI is InChI=1S/C50H97NO5/c1-4-7-10-13-16-24-34-46-55-48(53)38-28-20-17-22-32-42-51(44-35-45-52)43-33-23-21-29-39-50(40-30-25-31-41-50)49(54)56-47(36-26-18-14-11-8-5-2)37-27-19-15-12-9-6-3/h47,52H,4-46H2,1-3H3. The second-order valence-corrected chi connectivity index (χ2v) is 17.9. The van der Waals surface area contributed by atoms with Gasteiger partial charge in [-0.2, -0.15) is 0 Å². The molecule has 0 radical (unpaired) electrons. The van der Waals surface area contributed by atoms with E-state index in [9.17, 15) is 14.7 Å². The summed E-state index contributed by atoms with van der Waals surface area (Å²) in [5, 5.41) is 9.50. The molecular formula is C50H97NO5. The minimum atomic E-state index is -0.251. The Morgan fingerprint density at radius 1 is 0.536 bits per heavy atom. The summed E-state index contributed by atoms with van der Waals surface area (Å²) >= 11 is 0. The molecule has 0 aromatic heterocycles. The van der Waals surface area contributed by atoms with Crippen LogP contribution in [0.5, 0.6) is 0 Å². The lowest BCUT2D eigenvalue weighted by atomic mass is 9.71. The van der Waals surface area contributed by atoms with E-state index in [0.29, 0.717) is 13.0 Å². The molecule has 1 saturated carbocycles.